The van der Waals surface area contributed by atoms with Crippen molar-refractivity contribution >= 4 is 11.8 Å². The van der Waals surface area contributed by atoms with Gasteiger partial charge in [0.25, 0.3) is 5.91 Å². The van der Waals surface area contributed by atoms with Crippen LogP contribution in [0.25, 0.3) is 0 Å². The topological polar surface area (TPSA) is 58.6 Å². The van der Waals surface area contributed by atoms with Crippen LogP contribution in [0.1, 0.15) is 41.7 Å². The number of ether oxygens (including phenoxy) is 1. The van der Waals surface area contributed by atoms with Gasteiger partial charge in [0, 0.05) is 19.0 Å². The summed E-state index contributed by atoms with van der Waals surface area (Å²) in [6.45, 7) is 10.0. The highest BCUT2D eigenvalue weighted by atomic mass is 16.5. The maximum atomic E-state index is 13.7. The molecule has 0 aliphatic carbocycles. The Labute approximate surface area is 209 Å². The number of hydrogen-bond acceptors (Lipinski definition) is 3. The molecule has 0 saturated heterocycles. The van der Waals surface area contributed by atoms with Crippen LogP contribution in [0.2, 0.25) is 0 Å². The SMILES string of the molecule is Cc1ccccc1CN(C(=O)COc1cccc(C)c1C)[C@@H](Cc1ccccc1)C(=O)NC(C)C. The van der Waals surface area contributed by atoms with Gasteiger partial charge in [0.15, 0.2) is 6.61 Å². The van der Waals surface area contributed by atoms with Crippen LogP contribution in [-0.4, -0.2) is 35.4 Å². The Morgan fingerprint density at radius 2 is 1.51 bits per heavy atom. The Morgan fingerprint density at radius 3 is 2.20 bits per heavy atom. The number of nitrogens with one attached hydrogen (secondary N) is 1. The zero-order valence-electron chi connectivity index (χ0n) is 21.4. The zero-order chi connectivity index (χ0) is 25.4. The summed E-state index contributed by atoms with van der Waals surface area (Å²) in [6.07, 6.45) is 0.417. The number of aryl methyl sites for hydroxylation is 2. The van der Waals surface area contributed by atoms with Gasteiger partial charge < -0.3 is 15.0 Å². The third-order valence-electron chi connectivity index (χ3n) is 6.21. The van der Waals surface area contributed by atoms with Gasteiger partial charge in [-0.1, -0.05) is 66.7 Å². The van der Waals surface area contributed by atoms with Crippen LogP contribution < -0.4 is 10.1 Å². The van der Waals surface area contributed by atoms with Gasteiger partial charge in [-0.05, 0) is 68.5 Å². The average molecular weight is 473 g/mol. The fourth-order valence-corrected chi connectivity index (χ4v) is 4.01. The summed E-state index contributed by atoms with van der Waals surface area (Å²) in [5.74, 6) is 0.284. The van der Waals surface area contributed by atoms with Crippen LogP contribution in [0.4, 0.5) is 0 Å². The molecule has 0 aliphatic heterocycles. The highest BCUT2D eigenvalue weighted by Crippen LogP contribution is 2.22. The van der Waals surface area contributed by atoms with Gasteiger partial charge in [-0.25, -0.2) is 0 Å². The third-order valence-corrected chi connectivity index (χ3v) is 6.21. The van der Waals surface area contributed by atoms with Crippen LogP contribution in [0.15, 0.2) is 72.8 Å². The number of benzene rings is 3. The summed E-state index contributed by atoms with van der Waals surface area (Å²) < 4.78 is 5.97. The van der Waals surface area contributed by atoms with E-state index in [0.29, 0.717) is 18.7 Å². The van der Waals surface area contributed by atoms with E-state index in [1.165, 1.54) is 0 Å². The molecule has 184 valence electrons. The van der Waals surface area contributed by atoms with Gasteiger partial charge in [0.2, 0.25) is 5.91 Å². The number of rotatable bonds is 10. The maximum absolute atomic E-state index is 13.7. The molecule has 0 heterocycles. The molecule has 0 unspecified atom stereocenters. The second kappa shape index (κ2) is 12.2. The van der Waals surface area contributed by atoms with Crippen molar-refractivity contribution in [1.29, 1.82) is 0 Å². The van der Waals surface area contributed by atoms with E-state index in [9.17, 15) is 9.59 Å². The third kappa shape index (κ3) is 7.19. The number of nitrogens with zero attached hydrogens (tertiary/aromatic N) is 1. The van der Waals surface area contributed by atoms with Gasteiger partial charge in [0.05, 0.1) is 0 Å². The Kier molecular flexibility index (Phi) is 9.07. The minimum Gasteiger partial charge on any atom is -0.483 e. The molecule has 0 saturated carbocycles. The Balaban J connectivity index is 1.94. The van der Waals surface area contributed by atoms with Crippen molar-refractivity contribution in [3.63, 3.8) is 0 Å². The molecule has 0 spiro atoms. The van der Waals surface area contributed by atoms with Crippen LogP contribution in [0.3, 0.4) is 0 Å². The molecule has 2 amide bonds. The minimum atomic E-state index is -0.672. The lowest BCUT2D eigenvalue weighted by Crippen LogP contribution is -2.53. The molecule has 1 atom stereocenters. The fraction of sp³-hybridized carbons (Fsp3) is 0.333. The standard InChI is InChI=1S/C30H36N2O3/c1-21(2)31-30(34)27(18-25-14-7-6-8-15-25)32(19-26-16-10-9-12-23(26)4)29(33)20-35-28-17-11-13-22(3)24(28)5/h6-17,21,27H,18-20H2,1-5H3,(H,31,34)/t27-/m0/s1. The lowest BCUT2D eigenvalue weighted by atomic mass is 10.0. The fourth-order valence-electron chi connectivity index (χ4n) is 4.01. The molecule has 1 N–H and O–H groups in total. The molecule has 0 aromatic heterocycles. The monoisotopic (exact) mass is 472 g/mol. The first-order chi connectivity index (χ1) is 16.8. The molecule has 0 radical (unpaired) electrons. The zero-order valence-corrected chi connectivity index (χ0v) is 21.4. The average Bonchev–Trinajstić information content (AvgIpc) is 2.83. The predicted molar refractivity (Wildman–Crippen MR) is 140 cm³/mol. The molecule has 5 nitrogen and oxygen atoms in total. The summed E-state index contributed by atoms with van der Waals surface area (Å²) >= 11 is 0. The number of carbonyl (C=O) groups excluding carboxylic acids is 2. The lowest BCUT2D eigenvalue weighted by Gasteiger charge is -2.32. The molecule has 3 rings (SSSR count). The van der Waals surface area contributed by atoms with Gasteiger partial charge in [-0.15, -0.1) is 0 Å². The molecular weight excluding hydrogens is 436 g/mol. The van der Waals surface area contributed by atoms with E-state index >= 15 is 0 Å². The Morgan fingerprint density at radius 1 is 0.857 bits per heavy atom. The van der Waals surface area contributed by atoms with E-state index in [-0.39, 0.29) is 24.5 Å². The first-order valence-electron chi connectivity index (χ1n) is 12.1. The molecular formula is C30H36N2O3. The van der Waals surface area contributed by atoms with Crippen LogP contribution in [0.5, 0.6) is 5.75 Å². The summed E-state index contributed by atoms with van der Waals surface area (Å²) in [4.78, 5) is 28.7. The Bertz CT molecular complexity index is 1140. The molecule has 3 aromatic carbocycles. The molecule has 35 heavy (non-hydrogen) atoms. The first-order valence-corrected chi connectivity index (χ1v) is 12.1. The minimum absolute atomic E-state index is 0.0395. The van der Waals surface area contributed by atoms with Crippen molar-refractivity contribution in [3.8, 4) is 5.75 Å². The molecule has 0 aliphatic rings. The van der Waals surface area contributed by atoms with Crippen molar-refractivity contribution < 1.29 is 14.3 Å². The van der Waals surface area contributed by atoms with Gasteiger partial charge >= 0.3 is 0 Å². The van der Waals surface area contributed by atoms with Crippen LogP contribution >= 0.6 is 0 Å². The number of amides is 2. The smallest absolute Gasteiger partial charge is 0.261 e. The second-order valence-electron chi connectivity index (χ2n) is 9.30. The summed E-state index contributed by atoms with van der Waals surface area (Å²) in [5.41, 5.74) is 5.18. The molecule has 3 aromatic rings. The van der Waals surface area contributed by atoms with E-state index in [2.05, 4.69) is 5.32 Å². The Hall–Kier alpha value is -3.60. The van der Waals surface area contributed by atoms with E-state index in [1.54, 1.807) is 4.90 Å². The number of hydrogen-bond donors (Lipinski definition) is 1. The van der Waals surface area contributed by atoms with Gasteiger partial charge in [0.1, 0.15) is 11.8 Å². The van der Waals surface area contributed by atoms with E-state index in [0.717, 1.165) is 27.8 Å². The molecule has 5 heteroatoms. The largest absolute Gasteiger partial charge is 0.483 e. The van der Waals surface area contributed by atoms with Crippen molar-refractivity contribution in [2.75, 3.05) is 6.61 Å². The quantitative estimate of drug-likeness (QED) is 0.444. The van der Waals surface area contributed by atoms with E-state index < -0.39 is 6.04 Å². The molecule has 0 fully saturated rings. The van der Waals surface area contributed by atoms with Crippen LogP contribution in [0, 0.1) is 20.8 Å². The maximum Gasteiger partial charge on any atom is 0.261 e. The number of carbonyl (C=O) groups is 2. The van der Waals surface area contributed by atoms with Gasteiger partial charge in [-0.3, -0.25) is 9.59 Å². The highest BCUT2D eigenvalue weighted by Gasteiger charge is 2.31. The van der Waals surface area contributed by atoms with E-state index in [1.807, 2.05) is 107 Å². The summed E-state index contributed by atoms with van der Waals surface area (Å²) in [7, 11) is 0. The predicted octanol–water partition coefficient (Wildman–Crippen LogP) is 5.16. The second-order valence-corrected chi connectivity index (χ2v) is 9.30. The highest BCUT2D eigenvalue weighted by molar-refractivity contribution is 5.88. The van der Waals surface area contributed by atoms with Crippen molar-refractivity contribution in [2.24, 2.45) is 0 Å². The summed E-state index contributed by atoms with van der Waals surface area (Å²) in [6, 6.07) is 22.9. The molecule has 0 bridgehead atoms. The van der Waals surface area contributed by atoms with E-state index in [4.69, 9.17) is 4.74 Å². The van der Waals surface area contributed by atoms with Crippen molar-refractivity contribution in [1.82, 2.24) is 10.2 Å². The van der Waals surface area contributed by atoms with Crippen molar-refractivity contribution in [3.05, 3.63) is 101 Å². The lowest BCUT2D eigenvalue weighted by molar-refractivity contribution is -0.143. The summed E-state index contributed by atoms with van der Waals surface area (Å²) in [5, 5.41) is 3.02. The van der Waals surface area contributed by atoms with Crippen molar-refractivity contribution in [2.45, 2.75) is 59.7 Å². The van der Waals surface area contributed by atoms with Crippen LogP contribution in [-0.2, 0) is 22.6 Å². The normalized spacial score (nSPS) is 11.7. The first kappa shape index (κ1) is 26.0. The van der Waals surface area contributed by atoms with Gasteiger partial charge in [-0.2, -0.15) is 0 Å².